The standard InChI is InChI=1S/C12H8INO3S/c13-8-3-1-2-7(6-8)11(15)14-10-5-4-9(18-10)12(16)17/h1-6H,(H,14,15)(H,16,17). The lowest BCUT2D eigenvalue weighted by Gasteiger charge is -2.02. The van der Waals surface area contributed by atoms with Crippen LogP contribution in [0.25, 0.3) is 0 Å². The van der Waals surface area contributed by atoms with Gasteiger partial charge in [-0.2, -0.15) is 0 Å². The molecule has 2 rings (SSSR count). The molecule has 0 aliphatic carbocycles. The Hall–Kier alpha value is -1.41. The van der Waals surface area contributed by atoms with Crippen LogP contribution in [0.2, 0.25) is 0 Å². The average molecular weight is 373 g/mol. The van der Waals surface area contributed by atoms with Gasteiger partial charge in [-0.1, -0.05) is 6.07 Å². The summed E-state index contributed by atoms with van der Waals surface area (Å²) in [5.74, 6) is -1.23. The molecule has 0 unspecified atom stereocenters. The maximum Gasteiger partial charge on any atom is 0.345 e. The maximum atomic E-state index is 11.9. The van der Waals surface area contributed by atoms with Gasteiger partial charge in [-0.15, -0.1) is 11.3 Å². The van der Waals surface area contributed by atoms with E-state index in [1.165, 1.54) is 6.07 Å². The Morgan fingerprint density at radius 1 is 1.22 bits per heavy atom. The van der Waals surface area contributed by atoms with Gasteiger partial charge in [0, 0.05) is 9.13 Å². The zero-order valence-corrected chi connectivity index (χ0v) is 12.0. The molecule has 0 saturated carbocycles. The van der Waals surface area contributed by atoms with Crippen molar-refractivity contribution >= 4 is 50.8 Å². The van der Waals surface area contributed by atoms with E-state index in [-0.39, 0.29) is 10.8 Å². The number of carbonyl (C=O) groups excluding carboxylic acids is 1. The predicted octanol–water partition coefficient (Wildman–Crippen LogP) is 3.30. The summed E-state index contributed by atoms with van der Waals surface area (Å²) >= 11 is 3.16. The van der Waals surface area contributed by atoms with E-state index in [1.807, 2.05) is 6.07 Å². The quantitative estimate of drug-likeness (QED) is 0.812. The first-order valence-corrected chi connectivity index (χ1v) is 6.86. The number of amides is 1. The molecule has 1 aromatic carbocycles. The Morgan fingerprint density at radius 2 is 2.00 bits per heavy atom. The van der Waals surface area contributed by atoms with E-state index in [4.69, 9.17) is 5.11 Å². The van der Waals surface area contributed by atoms with Gasteiger partial charge in [0.1, 0.15) is 4.88 Å². The van der Waals surface area contributed by atoms with E-state index in [9.17, 15) is 9.59 Å². The number of carboxylic acids is 1. The van der Waals surface area contributed by atoms with Crippen molar-refractivity contribution in [3.05, 3.63) is 50.4 Å². The van der Waals surface area contributed by atoms with Crippen molar-refractivity contribution in [1.29, 1.82) is 0 Å². The molecule has 4 nitrogen and oxygen atoms in total. The topological polar surface area (TPSA) is 66.4 Å². The average Bonchev–Trinajstić information content (AvgIpc) is 2.77. The summed E-state index contributed by atoms with van der Waals surface area (Å²) in [4.78, 5) is 22.8. The lowest BCUT2D eigenvalue weighted by molar-refractivity contribution is 0.0702. The van der Waals surface area contributed by atoms with E-state index in [2.05, 4.69) is 27.9 Å². The van der Waals surface area contributed by atoms with Crippen LogP contribution in [0, 0.1) is 3.57 Å². The van der Waals surface area contributed by atoms with Crippen molar-refractivity contribution < 1.29 is 14.7 Å². The summed E-state index contributed by atoms with van der Waals surface area (Å²) in [5.41, 5.74) is 0.548. The Morgan fingerprint density at radius 3 is 2.61 bits per heavy atom. The molecular formula is C12H8INO3S. The second-order valence-corrected chi connectivity index (χ2v) is 5.76. The van der Waals surface area contributed by atoms with Gasteiger partial charge in [0.05, 0.1) is 5.00 Å². The zero-order chi connectivity index (χ0) is 13.1. The second kappa shape index (κ2) is 5.49. The van der Waals surface area contributed by atoms with Gasteiger partial charge in [-0.3, -0.25) is 4.79 Å². The summed E-state index contributed by atoms with van der Waals surface area (Å²) in [6.07, 6.45) is 0. The van der Waals surface area contributed by atoms with E-state index in [1.54, 1.807) is 24.3 Å². The highest BCUT2D eigenvalue weighted by Gasteiger charge is 2.10. The van der Waals surface area contributed by atoms with Crippen LogP contribution >= 0.6 is 33.9 Å². The number of halogens is 1. The Bertz CT molecular complexity index is 609. The molecule has 1 amide bonds. The van der Waals surface area contributed by atoms with Crippen molar-refractivity contribution in [2.24, 2.45) is 0 Å². The second-order valence-electron chi connectivity index (χ2n) is 3.43. The molecule has 0 saturated heterocycles. The maximum absolute atomic E-state index is 11.9. The Kier molecular flexibility index (Phi) is 3.97. The number of nitrogens with one attached hydrogen (secondary N) is 1. The van der Waals surface area contributed by atoms with Crippen molar-refractivity contribution in [1.82, 2.24) is 0 Å². The van der Waals surface area contributed by atoms with E-state index in [0.717, 1.165) is 14.9 Å². The van der Waals surface area contributed by atoms with E-state index < -0.39 is 5.97 Å². The molecule has 6 heteroatoms. The zero-order valence-electron chi connectivity index (χ0n) is 9.01. The Labute approximate surface area is 121 Å². The highest BCUT2D eigenvalue weighted by Crippen LogP contribution is 2.22. The number of hydrogen-bond acceptors (Lipinski definition) is 3. The number of anilines is 1. The molecule has 1 heterocycles. The smallest absolute Gasteiger partial charge is 0.345 e. The van der Waals surface area contributed by atoms with E-state index in [0.29, 0.717) is 10.6 Å². The molecular weight excluding hydrogens is 365 g/mol. The number of aromatic carboxylic acids is 1. The molecule has 0 atom stereocenters. The van der Waals surface area contributed by atoms with Crippen LogP contribution in [0.4, 0.5) is 5.00 Å². The fourth-order valence-corrected chi connectivity index (χ4v) is 2.62. The molecule has 0 aliphatic heterocycles. The molecule has 18 heavy (non-hydrogen) atoms. The molecule has 2 aromatic rings. The normalized spacial score (nSPS) is 10.1. The van der Waals surface area contributed by atoms with E-state index >= 15 is 0 Å². The molecule has 0 aliphatic rings. The highest BCUT2D eigenvalue weighted by molar-refractivity contribution is 14.1. The minimum absolute atomic E-state index is 0.202. The first-order chi connectivity index (χ1) is 8.56. The monoisotopic (exact) mass is 373 g/mol. The first-order valence-electron chi connectivity index (χ1n) is 4.96. The third-order valence-corrected chi connectivity index (χ3v) is 3.80. The number of thiophene rings is 1. The third kappa shape index (κ3) is 3.08. The fourth-order valence-electron chi connectivity index (χ4n) is 1.33. The number of benzene rings is 1. The van der Waals surface area contributed by atoms with Gasteiger partial charge in [-0.25, -0.2) is 4.79 Å². The summed E-state index contributed by atoms with van der Waals surface area (Å²) < 4.78 is 0.970. The van der Waals surface area contributed by atoms with Gasteiger partial charge in [-0.05, 0) is 52.9 Å². The van der Waals surface area contributed by atoms with Crippen LogP contribution in [-0.2, 0) is 0 Å². The van der Waals surface area contributed by atoms with Crippen LogP contribution in [0.1, 0.15) is 20.0 Å². The molecule has 2 N–H and O–H groups in total. The van der Waals surface area contributed by atoms with Crippen molar-refractivity contribution in [3.8, 4) is 0 Å². The van der Waals surface area contributed by atoms with Crippen molar-refractivity contribution in [3.63, 3.8) is 0 Å². The van der Waals surface area contributed by atoms with Gasteiger partial charge in [0.15, 0.2) is 0 Å². The Balaban J connectivity index is 2.13. The summed E-state index contributed by atoms with van der Waals surface area (Å²) in [6.45, 7) is 0. The molecule has 1 aromatic heterocycles. The minimum atomic E-state index is -0.991. The minimum Gasteiger partial charge on any atom is -0.477 e. The van der Waals surface area contributed by atoms with Gasteiger partial charge < -0.3 is 10.4 Å². The molecule has 0 bridgehead atoms. The van der Waals surface area contributed by atoms with Crippen LogP contribution in [0.15, 0.2) is 36.4 Å². The lowest BCUT2D eigenvalue weighted by Crippen LogP contribution is -2.10. The largest absolute Gasteiger partial charge is 0.477 e. The van der Waals surface area contributed by atoms with Crippen molar-refractivity contribution in [2.45, 2.75) is 0 Å². The molecule has 0 fully saturated rings. The number of hydrogen-bond donors (Lipinski definition) is 2. The number of carboxylic acid groups (broad SMARTS) is 1. The molecule has 0 spiro atoms. The summed E-state index contributed by atoms with van der Waals surface area (Å²) in [5, 5.41) is 12.0. The summed E-state index contributed by atoms with van der Waals surface area (Å²) in [7, 11) is 0. The molecule has 92 valence electrons. The lowest BCUT2D eigenvalue weighted by atomic mass is 10.2. The van der Waals surface area contributed by atoms with Crippen LogP contribution in [0.5, 0.6) is 0 Å². The molecule has 0 radical (unpaired) electrons. The summed E-state index contributed by atoms with van der Waals surface area (Å²) in [6, 6.07) is 10.2. The predicted molar refractivity (Wildman–Crippen MR) is 78.4 cm³/mol. The fraction of sp³-hybridized carbons (Fsp3) is 0. The van der Waals surface area contributed by atoms with Crippen molar-refractivity contribution in [2.75, 3.05) is 5.32 Å². The number of rotatable bonds is 3. The first kappa shape index (κ1) is 13.0. The van der Waals surface area contributed by atoms with Crippen LogP contribution < -0.4 is 5.32 Å². The van der Waals surface area contributed by atoms with Gasteiger partial charge >= 0.3 is 5.97 Å². The highest BCUT2D eigenvalue weighted by atomic mass is 127. The van der Waals surface area contributed by atoms with Crippen LogP contribution in [-0.4, -0.2) is 17.0 Å². The SMILES string of the molecule is O=C(Nc1ccc(C(=O)O)s1)c1cccc(I)c1. The van der Waals surface area contributed by atoms with Gasteiger partial charge in [0.2, 0.25) is 0 Å². The number of carbonyl (C=O) groups is 2. The van der Waals surface area contributed by atoms with Crippen LogP contribution in [0.3, 0.4) is 0 Å². The third-order valence-electron chi connectivity index (χ3n) is 2.14. The van der Waals surface area contributed by atoms with Gasteiger partial charge in [0.25, 0.3) is 5.91 Å².